The van der Waals surface area contributed by atoms with Gasteiger partial charge in [0, 0.05) is 49.7 Å². The number of rotatable bonds is 9. The van der Waals surface area contributed by atoms with E-state index in [9.17, 15) is 18.0 Å². The van der Waals surface area contributed by atoms with E-state index in [-0.39, 0.29) is 16.7 Å². The number of sulfonamides is 1. The molecule has 0 radical (unpaired) electrons. The quantitative estimate of drug-likeness (QED) is 0.527. The first kappa shape index (κ1) is 26.8. The van der Waals surface area contributed by atoms with Gasteiger partial charge in [-0.05, 0) is 62.1 Å². The lowest BCUT2D eigenvalue weighted by Gasteiger charge is -2.27. The average molecular weight is 533 g/mol. The van der Waals surface area contributed by atoms with E-state index in [0.717, 1.165) is 68.8 Å². The molecule has 0 bridgehead atoms. The number of hydrogen-bond donors (Lipinski definition) is 1. The Morgan fingerprint density at radius 2 is 1.69 bits per heavy atom. The van der Waals surface area contributed by atoms with Crippen LogP contribution in [-0.2, 0) is 23.0 Å². The van der Waals surface area contributed by atoms with E-state index in [1.54, 1.807) is 13.8 Å². The van der Waals surface area contributed by atoms with Crippen LogP contribution in [0.3, 0.4) is 0 Å². The first-order chi connectivity index (χ1) is 17.3. The third kappa shape index (κ3) is 5.37. The summed E-state index contributed by atoms with van der Waals surface area (Å²) in [5, 5.41) is 3.59. The van der Waals surface area contributed by atoms with Crippen molar-refractivity contribution in [2.45, 2.75) is 57.9 Å². The molecule has 2 aliphatic rings. The number of nitrogens with one attached hydrogen (secondary N) is 1. The maximum atomic E-state index is 13.5. The summed E-state index contributed by atoms with van der Waals surface area (Å²) in [5.41, 5.74) is 2.06. The zero-order valence-corrected chi connectivity index (χ0v) is 23.0. The summed E-state index contributed by atoms with van der Waals surface area (Å²) in [6.07, 6.45) is 3.89. The lowest BCUT2D eigenvalue weighted by Crippen LogP contribution is -2.33. The van der Waals surface area contributed by atoms with Crippen LogP contribution in [0.1, 0.15) is 71.2 Å². The molecule has 4 rings (SSSR count). The lowest BCUT2D eigenvalue weighted by atomic mass is 10.0. The average Bonchev–Trinajstić information content (AvgIpc) is 3.52. The Bertz CT molecular complexity index is 1200. The van der Waals surface area contributed by atoms with Crippen LogP contribution in [0.4, 0.5) is 5.00 Å². The van der Waals surface area contributed by atoms with Crippen molar-refractivity contribution in [3.05, 3.63) is 45.8 Å². The second kappa shape index (κ2) is 11.4. The van der Waals surface area contributed by atoms with Crippen molar-refractivity contribution in [1.29, 1.82) is 0 Å². The van der Waals surface area contributed by atoms with Crippen LogP contribution in [0.15, 0.2) is 29.2 Å². The predicted molar refractivity (Wildman–Crippen MR) is 143 cm³/mol. The van der Waals surface area contributed by atoms with Gasteiger partial charge in [0.1, 0.15) is 5.00 Å². The Hall–Kier alpha value is -2.27. The summed E-state index contributed by atoms with van der Waals surface area (Å²) >= 11 is 1.50. The molecule has 1 saturated heterocycles. The highest BCUT2D eigenvalue weighted by molar-refractivity contribution is 7.89. The fourth-order valence-corrected chi connectivity index (χ4v) is 7.76. The summed E-state index contributed by atoms with van der Waals surface area (Å²) in [6, 6.07) is 6.01. The van der Waals surface area contributed by atoms with Crippen molar-refractivity contribution >= 4 is 38.2 Å². The number of nitrogens with zero attached hydrogens (tertiary/aromatic N) is 3. The minimum absolute atomic E-state index is 0.00454. The van der Waals surface area contributed by atoms with Gasteiger partial charge < -0.3 is 10.2 Å². The third-order valence-electron chi connectivity index (χ3n) is 6.97. The zero-order chi connectivity index (χ0) is 25.9. The normalized spacial score (nSPS) is 16.4. The molecule has 0 saturated carbocycles. The number of amides is 2. The number of likely N-dealkylation sites (tertiary alicyclic amines) is 1. The molecule has 2 aliphatic heterocycles. The third-order valence-corrected chi connectivity index (χ3v) is 10.2. The molecular formula is C26H36N4O4S2. The van der Waals surface area contributed by atoms with E-state index >= 15 is 0 Å². The minimum Gasteiger partial charge on any atom is -0.339 e. The van der Waals surface area contributed by atoms with E-state index in [1.165, 1.54) is 39.9 Å². The molecule has 0 spiro atoms. The molecule has 2 aromatic rings. The molecule has 1 fully saturated rings. The molecule has 10 heteroatoms. The molecule has 196 valence electrons. The molecule has 2 amide bonds. The highest BCUT2D eigenvalue weighted by Gasteiger charge is 2.32. The Morgan fingerprint density at radius 3 is 2.31 bits per heavy atom. The van der Waals surface area contributed by atoms with Crippen molar-refractivity contribution in [2.75, 3.05) is 44.6 Å². The smallest absolute Gasteiger partial charge is 0.257 e. The Balaban J connectivity index is 1.60. The largest absolute Gasteiger partial charge is 0.339 e. The van der Waals surface area contributed by atoms with Gasteiger partial charge in [0.25, 0.3) is 11.8 Å². The number of carbonyl (C=O) groups is 2. The fourth-order valence-electron chi connectivity index (χ4n) is 5.02. The van der Waals surface area contributed by atoms with Crippen LogP contribution in [0.5, 0.6) is 0 Å². The van der Waals surface area contributed by atoms with E-state index in [0.29, 0.717) is 29.2 Å². The van der Waals surface area contributed by atoms with Crippen LogP contribution in [-0.4, -0.2) is 73.6 Å². The summed E-state index contributed by atoms with van der Waals surface area (Å²) in [5.74, 6) is -0.342. The lowest BCUT2D eigenvalue weighted by molar-refractivity contribution is 0.0792. The Kier molecular flexibility index (Phi) is 8.49. The molecule has 0 unspecified atom stereocenters. The first-order valence-electron chi connectivity index (χ1n) is 12.9. The Morgan fingerprint density at radius 1 is 1.03 bits per heavy atom. The van der Waals surface area contributed by atoms with E-state index in [1.807, 2.05) is 4.90 Å². The van der Waals surface area contributed by atoms with E-state index in [4.69, 9.17) is 0 Å². The van der Waals surface area contributed by atoms with Gasteiger partial charge in [-0.1, -0.05) is 20.8 Å². The number of carbonyl (C=O) groups excluding carboxylic acids is 2. The predicted octanol–water partition coefficient (Wildman–Crippen LogP) is 4.04. The molecule has 36 heavy (non-hydrogen) atoms. The van der Waals surface area contributed by atoms with Crippen molar-refractivity contribution < 1.29 is 18.0 Å². The van der Waals surface area contributed by atoms with E-state index < -0.39 is 10.0 Å². The molecule has 1 aromatic carbocycles. The minimum atomic E-state index is -3.59. The zero-order valence-electron chi connectivity index (χ0n) is 21.4. The molecule has 0 atom stereocenters. The fraction of sp³-hybridized carbons (Fsp3) is 0.538. The van der Waals surface area contributed by atoms with Crippen LogP contribution in [0.25, 0.3) is 0 Å². The van der Waals surface area contributed by atoms with Crippen LogP contribution >= 0.6 is 11.3 Å². The second-order valence-corrected chi connectivity index (χ2v) is 12.3. The van der Waals surface area contributed by atoms with Gasteiger partial charge in [0.2, 0.25) is 10.0 Å². The van der Waals surface area contributed by atoms with Gasteiger partial charge in [-0.25, -0.2) is 8.42 Å². The molecular weight excluding hydrogens is 496 g/mol. The van der Waals surface area contributed by atoms with Gasteiger partial charge >= 0.3 is 0 Å². The highest BCUT2D eigenvalue weighted by Crippen LogP contribution is 2.38. The summed E-state index contributed by atoms with van der Waals surface area (Å²) in [4.78, 5) is 32.3. The van der Waals surface area contributed by atoms with Gasteiger partial charge in [-0.3, -0.25) is 14.5 Å². The molecule has 1 aromatic heterocycles. The summed E-state index contributed by atoms with van der Waals surface area (Å²) in [7, 11) is -3.59. The summed E-state index contributed by atoms with van der Waals surface area (Å²) < 4.78 is 26.9. The van der Waals surface area contributed by atoms with Gasteiger partial charge in [-0.15, -0.1) is 11.3 Å². The van der Waals surface area contributed by atoms with Gasteiger partial charge in [0.05, 0.1) is 10.5 Å². The SMILES string of the molecule is CCCN1CCc2c(sc(NC(=O)c3ccc(S(=O)(=O)N(CC)CC)cc3)c2C(=O)N2CCCC2)C1. The van der Waals surface area contributed by atoms with Crippen LogP contribution < -0.4 is 5.32 Å². The van der Waals surface area contributed by atoms with Crippen LogP contribution in [0, 0.1) is 0 Å². The second-order valence-electron chi connectivity index (χ2n) is 9.30. The molecule has 3 heterocycles. The van der Waals surface area contributed by atoms with Gasteiger partial charge in [0.15, 0.2) is 0 Å². The molecule has 0 aliphatic carbocycles. The van der Waals surface area contributed by atoms with Gasteiger partial charge in [-0.2, -0.15) is 4.31 Å². The monoisotopic (exact) mass is 532 g/mol. The first-order valence-corrected chi connectivity index (χ1v) is 15.1. The maximum Gasteiger partial charge on any atom is 0.257 e. The number of fused-ring (bicyclic) bond motifs is 1. The topological polar surface area (TPSA) is 90.0 Å². The molecule has 1 N–H and O–H groups in total. The highest BCUT2D eigenvalue weighted by atomic mass is 32.2. The Labute approximate surface area is 218 Å². The molecule has 8 nitrogen and oxygen atoms in total. The van der Waals surface area contributed by atoms with E-state index in [2.05, 4.69) is 17.1 Å². The standard InChI is InChI=1S/C26H36N4O4S2/c1-4-14-28-17-13-21-22(18-28)35-25(23(21)26(32)29-15-7-8-16-29)27-24(31)19-9-11-20(12-10-19)36(33,34)30(5-2)6-3/h9-12H,4-8,13-18H2,1-3H3,(H,27,31). The maximum absolute atomic E-state index is 13.5. The van der Waals surface area contributed by atoms with Crippen LogP contribution in [0.2, 0.25) is 0 Å². The number of anilines is 1. The number of benzene rings is 1. The van der Waals surface area contributed by atoms with Crippen molar-refractivity contribution in [3.63, 3.8) is 0 Å². The van der Waals surface area contributed by atoms with Crippen molar-refractivity contribution in [2.24, 2.45) is 0 Å². The van der Waals surface area contributed by atoms with Crippen molar-refractivity contribution in [3.8, 4) is 0 Å². The summed E-state index contributed by atoms with van der Waals surface area (Å²) in [6.45, 7) is 10.7. The number of hydrogen-bond acceptors (Lipinski definition) is 6. The van der Waals surface area contributed by atoms with Crippen molar-refractivity contribution in [1.82, 2.24) is 14.1 Å². The number of thiophene rings is 1.